The monoisotopic (exact) mass is 368 g/mol. The first-order valence-electron chi connectivity index (χ1n) is 8.74. The Bertz CT molecular complexity index is 638. The predicted octanol–water partition coefficient (Wildman–Crippen LogP) is 2.23. The molecule has 0 radical (unpaired) electrons. The van der Waals surface area contributed by atoms with Crippen molar-refractivity contribution < 1.29 is 8.42 Å². The normalized spacial score (nSPS) is 12.7. The van der Waals surface area contributed by atoms with E-state index in [0.717, 1.165) is 30.1 Å². The van der Waals surface area contributed by atoms with Crippen LogP contribution in [0, 0.1) is 5.92 Å². The largest absolute Gasteiger partial charge is 0.356 e. The highest BCUT2D eigenvalue weighted by atomic mass is 32.2. The number of nitrogens with one attached hydrogen (secondary N) is 3. The molecule has 0 saturated heterocycles. The Balaban J connectivity index is 2.51. The van der Waals surface area contributed by atoms with Gasteiger partial charge in [0, 0.05) is 26.2 Å². The number of nitrogens with zero attached hydrogens (tertiary/aromatic N) is 1. The highest BCUT2D eigenvalue weighted by Crippen LogP contribution is 2.08. The molecule has 25 heavy (non-hydrogen) atoms. The Morgan fingerprint density at radius 2 is 1.64 bits per heavy atom. The van der Waals surface area contributed by atoms with Crippen molar-refractivity contribution in [1.82, 2.24) is 15.4 Å². The minimum atomic E-state index is -3.29. The topological polar surface area (TPSA) is 82.6 Å². The first-order valence-corrected chi connectivity index (χ1v) is 10.4. The Labute approximate surface area is 152 Å². The number of aliphatic imine (C=N–C) groups is 1. The summed E-state index contributed by atoms with van der Waals surface area (Å²) in [5.41, 5.74) is 1.85. The van der Waals surface area contributed by atoms with E-state index in [1.54, 1.807) is 7.05 Å². The minimum Gasteiger partial charge on any atom is -0.356 e. The fourth-order valence-electron chi connectivity index (χ4n) is 2.26. The van der Waals surface area contributed by atoms with Gasteiger partial charge in [0.25, 0.3) is 0 Å². The van der Waals surface area contributed by atoms with Gasteiger partial charge in [-0.1, -0.05) is 38.1 Å². The van der Waals surface area contributed by atoms with Gasteiger partial charge in [-0.2, -0.15) is 0 Å². The summed E-state index contributed by atoms with van der Waals surface area (Å²) in [5.74, 6) is 1.42. The first-order chi connectivity index (χ1) is 11.7. The Morgan fingerprint density at radius 3 is 2.16 bits per heavy atom. The zero-order chi connectivity index (χ0) is 18.9. The zero-order valence-electron chi connectivity index (χ0n) is 16.0. The van der Waals surface area contributed by atoms with E-state index in [0.29, 0.717) is 12.5 Å². The van der Waals surface area contributed by atoms with Gasteiger partial charge in [-0.05, 0) is 37.3 Å². The second-order valence-corrected chi connectivity index (χ2v) is 8.64. The van der Waals surface area contributed by atoms with Crippen LogP contribution in [-0.2, 0) is 22.3 Å². The molecule has 0 atom stereocenters. The molecule has 0 aromatic heterocycles. The Kier molecular flexibility index (Phi) is 8.92. The second-order valence-electron chi connectivity index (χ2n) is 6.88. The third-order valence-corrected chi connectivity index (χ3v) is 5.04. The fraction of sp³-hybridized carbons (Fsp3) is 0.611. The van der Waals surface area contributed by atoms with Crippen molar-refractivity contribution in [2.24, 2.45) is 10.9 Å². The number of rotatable bonds is 9. The lowest BCUT2D eigenvalue weighted by molar-refractivity contribution is 0.569. The molecule has 0 bridgehead atoms. The lowest BCUT2D eigenvalue weighted by Crippen LogP contribution is -2.37. The van der Waals surface area contributed by atoms with Gasteiger partial charge in [0.2, 0.25) is 10.0 Å². The molecule has 142 valence electrons. The lowest BCUT2D eigenvalue weighted by Gasteiger charge is -2.13. The second kappa shape index (κ2) is 10.4. The minimum absolute atomic E-state index is 0.00266. The number of hydrogen-bond donors (Lipinski definition) is 3. The van der Waals surface area contributed by atoms with Crippen molar-refractivity contribution in [2.75, 3.05) is 13.6 Å². The van der Waals surface area contributed by atoms with Gasteiger partial charge < -0.3 is 10.6 Å². The van der Waals surface area contributed by atoms with Crippen LogP contribution in [0.25, 0.3) is 0 Å². The summed E-state index contributed by atoms with van der Waals surface area (Å²) in [4.78, 5) is 4.20. The molecule has 0 aliphatic carbocycles. The molecule has 0 amide bonds. The molecule has 7 heteroatoms. The molecule has 0 saturated carbocycles. The van der Waals surface area contributed by atoms with E-state index in [4.69, 9.17) is 0 Å². The van der Waals surface area contributed by atoms with Crippen LogP contribution in [0.3, 0.4) is 0 Å². The van der Waals surface area contributed by atoms with Crippen LogP contribution in [0.4, 0.5) is 0 Å². The molecule has 0 fully saturated rings. The molecule has 0 spiro atoms. The maximum atomic E-state index is 11.9. The maximum absolute atomic E-state index is 11.9. The lowest BCUT2D eigenvalue weighted by atomic mass is 10.1. The molecule has 0 unspecified atom stereocenters. The molecular weight excluding hydrogens is 336 g/mol. The van der Waals surface area contributed by atoms with Crippen LogP contribution in [0.2, 0.25) is 0 Å². The van der Waals surface area contributed by atoms with Crippen LogP contribution < -0.4 is 15.4 Å². The predicted molar refractivity (Wildman–Crippen MR) is 105 cm³/mol. The molecule has 0 aliphatic heterocycles. The summed E-state index contributed by atoms with van der Waals surface area (Å²) in [6, 6.07) is 7.49. The highest BCUT2D eigenvalue weighted by molar-refractivity contribution is 7.88. The third-order valence-electron chi connectivity index (χ3n) is 3.49. The van der Waals surface area contributed by atoms with Crippen molar-refractivity contribution in [3.63, 3.8) is 0 Å². The first kappa shape index (κ1) is 21.4. The number of benzene rings is 1. The van der Waals surface area contributed by atoms with E-state index >= 15 is 0 Å². The summed E-state index contributed by atoms with van der Waals surface area (Å²) >= 11 is 0. The van der Waals surface area contributed by atoms with E-state index < -0.39 is 10.0 Å². The van der Waals surface area contributed by atoms with Crippen LogP contribution in [0.15, 0.2) is 29.3 Å². The summed E-state index contributed by atoms with van der Waals surface area (Å²) in [6.07, 6.45) is 1.09. The summed E-state index contributed by atoms with van der Waals surface area (Å²) in [6.45, 7) is 9.53. The Hall–Kier alpha value is -1.60. The van der Waals surface area contributed by atoms with E-state index in [-0.39, 0.29) is 11.8 Å². The van der Waals surface area contributed by atoms with Crippen LogP contribution >= 0.6 is 0 Å². The number of guanidine groups is 1. The molecule has 1 aromatic carbocycles. The van der Waals surface area contributed by atoms with E-state index in [1.165, 1.54) is 0 Å². The molecule has 6 nitrogen and oxygen atoms in total. The summed E-state index contributed by atoms with van der Waals surface area (Å²) in [7, 11) is -1.54. The van der Waals surface area contributed by atoms with Gasteiger partial charge in [0.15, 0.2) is 5.96 Å². The molecule has 1 aromatic rings. The van der Waals surface area contributed by atoms with Gasteiger partial charge in [0.05, 0.1) is 5.75 Å². The zero-order valence-corrected chi connectivity index (χ0v) is 16.8. The van der Waals surface area contributed by atoms with Crippen molar-refractivity contribution >= 4 is 16.0 Å². The molecular formula is C18H32N4O2S. The van der Waals surface area contributed by atoms with Gasteiger partial charge in [-0.3, -0.25) is 4.99 Å². The van der Waals surface area contributed by atoms with Crippen LogP contribution in [0.1, 0.15) is 45.2 Å². The molecule has 3 N–H and O–H groups in total. The van der Waals surface area contributed by atoms with Crippen molar-refractivity contribution in [3.8, 4) is 0 Å². The maximum Gasteiger partial charge on any atom is 0.216 e. The fourth-order valence-corrected chi connectivity index (χ4v) is 3.69. The molecule has 0 heterocycles. The van der Waals surface area contributed by atoms with Gasteiger partial charge >= 0.3 is 0 Å². The average molecular weight is 369 g/mol. The van der Waals surface area contributed by atoms with Crippen molar-refractivity contribution in [3.05, 3.63) is 35.4 Å². The highest BCUT2D eigenvalue weighted by Gasteiger charge is 2.12. The summed E-state index contributed by atoms with van der Waals surface area (Å²) < 4.78 is 26.5. The quantitative estimate of drug-likeness (QED) is 0.461. The van der Waals surface area contributed by atoms with E-state index in [9.17, 15) is 8.42 Å². The van der Waals surface area contributed by atoms with Gasteiger partial charge in [-0.25, -0.2) is 13.1 Å². The number of hydrogen-bond acceptors (Lipinski definition) is 3. The smallest absolute Gasteiger partial charge is 0.216 e. The van der Waals surface area contributed by atoms with E-state index in [1.807, 2.05) is 38.1 Å². The average Bonchev–Trinajstić information content (AvgIpc) is 2.50. The SMILES string of the molecule is CN=C(NCCC(C)C)NCc1ccc(CS(=O)(=O)NC(C)C)cc1. The van der Waals surface area contributed by atoms with Gasteiger partial charge in [-0.15, -0.1) is 0 Å². The van der Waals surface area contributed by atoms with Crippen LogP contribution in [-0.4, -0.2) is 34.0 Å². The van der Waals surface area contributed by atoms with Crippen LogP contribution in [0.5, 0.6) is 0 Å². The van der Waals surface area contributed by atoms with E-state index in [2.05, 4.69) is 34.2 Å². The third kappa shape index (κ3) is 9.45. The molecule has 0 aliphatic rings. The summed E-state index contributed by atoms with van der Waals surface area (Å²) in [5, 5.41) is 6.54. The van der Waals surface area contributed by atoms with Crippen molar-refractivity contribution in [2.45, 2.75) is 52.5 Å². The standard InChI is InChI=1S/C18H32N4O2S/c1-14(2)10-11-20-18(19-5)21-12-16-6-8-17(9-7-16)13-25(23,24)22-15(3)4/h6-9,14-15,22H,10-13H2,1-5H3,(H2,19,20,21). The molecule has 1 rings (SSSR count). The number of sulfonamides is 1. The van der Waals surface area contributed by atoms with Crippen molar-refractivity contribution in [1.29, 1.82) is 0 Å². The van der Waals surface area contributed by atoms with Gasteiger partial charge in [0.1, 0.15) is 0 Å². The Morgan fingerprint density at radius 1 is 1.04 bits per heavy atom.